The van der Waals surface area contributed by atoms with Crippen LogP contribution in [0.25, 0.3) is 11.6 Å². The average molecular weight is 422 g/mol. The maximum Gasteiger partial charge on any atom is 0.339 e. The summed E-state index contributed by atoms with van der Waals surface area (Å²) in [6, 6.07) is 16.9. The van der Waals surface area contributed by atoms with Gasteiger partial charge in [-0.15, -0.1) is 0 Å². The predicted octanol–water partition coefficient (Wildman–Crippen LogP) is 4.72. The van der Waals surface area contributed by atoms with Gasteiger partial charge < -0.3 is 14.8 Å². The zero-order chi connectivity index (χ0) is 22.2. The largest absolute Gasteiger partial charge is 0.497 e. The summed E-state index contributed by atoms with van der Waals surface area (Å²) in [6.45, 7) is 4.10. The Balaban J connectivity index is 1.70. The number of benzene rings is 2. The van der Waals surface area contributed by atoms with Gasteiger partial charge in [0.25, 0.3) is 5.91 Å². The second-order valence-corrected chi connectivity index (χ2v) is 8.22. The number of amides is 1. The molecule has 1 amide bonds. The molecule has 1 saturated carbocycles. The molecule has 1 N–H and O–H groups in total. The van der Waals surface area contributed by atoms with E-state index in [1.807, 2.05) is 54.6 Å². The van der Waals surface area contributed by atoms with Gasteiger partial charge in [0.1, 0.15) is 5.75 Å². The number of ether oxygens (including phenoxy) is 2. The Hall–Kier alpha value is -3.08. The Morgan fingerprint density at radius 2 is 1.84 bits per heavy atom. The van der Waals surface area contributed by atoms with Gasteiger partial charge >= 0.3 is 5.97 Å². The smallest absolute Gasteiger partial charge is 0.339 e. The Morgan fingerprint density at radius 3 is 2.58 bits per heavy atom. The Kier molecular flexibility index (Phi) is 7.88. The second kappa shape index (κ2) is 10.8. The summed E-state index contributed by atoms with van der Waals surface area (Å²) in [7, 11) is 1.60. The zero-order valence-electron chi connectivity index (χ0n) is 18.5. The monoisotopic (exact) mass is 421 g/mol. The maximum absolute atomic E-state index is 12.9. The summed E-state index contributed by atoms with van der Waals surface area (Å²) in [4.78, 5) is 25.4. The van der Waals surface area contributed by atoms with Gasteiger partial charge in [-0.25, -0.2) is 4.79 Å². The first kappa shape index (κ1) is 22.6. The van der Waals surface area contributed by atoms with Gasteiger partial charge in [0.15, 0.2) is 6.61 Å². The van der Waals surface area contributed by atoms with E-state index in [4.69, 9.17) is 9.47 Å². The molecule has 5 heteroatoms. The number of hydrogen-bond acceptors (Lipinski definition) is 4. The van der Waals surface area contributed by atoms with E-state index in [1.165, 1.54) is 6.42 Å². The molecule has 0 radical (unpaired) electrons. The standard InChI is InChI=1S/C26H31NO4/c1-18-9-7-14-24(19(18)2)27-25(28)17-31-26(29)23(21-11-5-4-6-12-21)16-20-10-8-13-22(15-20)30-3/h4-6,8,10-13,15-16,18-19,24H,7,9,14,17H2,1-3H3,(H,27,28)/b23-16+/t18-,19+,24+/m0/s1. The molecular formula is C26H31NO4. The fraction of sp³-hybridized carbons (Fsp3) is 0.385. The molecule has 5 nitrogen and oxygen atoms in total. The summed E-state index contributed by atoms with van der Waals surface area (Å²) < 4.78 is 10.7. The van der Waals surface area contributed by atoms with Crippen LogP contribution in [0, 0.1) is 11.8 Å². The van der Waals surface area contributed by atoms with Crippen LogP contribution in [0.3, 0.4) is 0 Å². The molecule has 0 bridgehead atoms. The van der Waals surface area contributed by atoms with Crippen LogP contribution in [-0.4, -0.2) is 31.6 Å². The van der Waals surface area contributed by atoms with E-state index in [1.54, 1.807) is 13.2 Å². The predicted molar refractivity (Wildman–Crippen MR) is 122 cm³/mol. The van der Waals surface area contributed by atoms with Gasteiger partial charge in [0.2, 0.25) is 0 Å². The summed E-state index contributed by atoms with van der Waals surface area (Å²) >= 11 is 0. The van der Waals surface area contributed by atoms with Crippen molar-refractivity contribution in [2.24, 2.45) is 11.8 Å². The van der Waals surface area contributed by atoms with E-state index < -0.39 is 5.97 Å². The number of hydrogen-bond donors (Lipinski definition) is 1. The van der Waals surface area contributed by atoms with E-state index >= 15 is 0 Å². The molecule has 164 valence electrons. The number of esters is 1. The zero-order valence-corrected chi connectivity index (χ0v) is 18.5. The van der Waals surface area contributed by atoms with Crippen LogP contribution < -0.4 is 10.1 Å². The Bertz CT molecular complexity index is 922. The summed E-state index contributed by atoms with van der Waals surface area (Å²) in [6.07, 6.45) is 5.02. The number of nitrogens with one attached hydrogen (secondary N) is 1. The topological polar surface area (TPSA) is 64.6 Å². The third-order valence-electron chi connectivity index (χ3n) is 6.10. The molecule has 31 heavy (non-hydrogen) atoms. The van der Waals surface area contributed by atoms with Crippen LogP contribution in [0.2, 0.25) is 0 Å². The highest BCUT2D eigenvalue weighted by Gasteiger charge is 2.28. The van der Waals surface area contributed by atoms with Crippen LogP contribution >= 0.6 is 0 Å². The van der Waals surface area contributed by atoms with E-state index in [2.05, 4.69) is 19.2 Å². The molecule has 2 aromatic rings. The molecule has 0 unspecified atom stereocenters. The van der Waals surface area contributed by atoms with Crippen molar-refractivity contribution in [2.75, 3.05) is 13.7 Å². The van der Waals surface area contributed by atoms with Gasteiger partial charge in [-0.2, -0.15) is 0 Å². The van der Waals surface area contributed by atoms with Crippen LogP contribution in [0.15, 0.2) is 54.6 Å². The van der Waals surface area contributed by atoms with Crippen LogP contribution in [0.5, 0.6) is 5.75 Å². The second-order valence-electron chi connectivity index (χ2n) is 8.22. The van der Waals surface area contributed by atoms with E-state index in [9.17, 15) is 9.59 Å². The number of carbonyl (C=O) groups excluding carboxylic acids is 2. The lowest BCUT2D eigenvalue weighted by atomic mass is 9.78. The third kappa shape index (κ3) is 6.20. The van der Waals surface area contributed by atoms with Crippen LogP contribution in [-0.2, 0) is 14.3 Å². The Morgan fingerprint density at radius 1 is 1.06 bits per heavy atom. The van der Waals surface area contributed by atoms with E-state index in [0.29, 0.717) is 23.2 Å². The molecule has 0 aromatic heterocycles. The van der Waals surface area contributed by atoms with Crippen molar-refractivity contribution >= 4 is 23.5 Å². The lowest BCUT2D eigenvalue weighted by Gasteiger charge is -2.34. The molecule has 3 rings (SSSR count). The van der Waals surface area contributed by atoms with Crippen molar-refractivity contribution in [3.8, 4) is 5.75 Å². The number of methoxy groups -OCH3 is 1. The fourth-order valence-electron chi connectivity index (χ4n) is 4.02. The SMILES string of the molecule is COc1cccc(/C=C(/C(=O)OCC(=O)N[C@@H]2CCC[C@H](C)[C@H]2C)c2ccccc2)c1. The molecule has 1 aliphatic rings. The summed E-state index contributed by atoms with van der Waals surface area (Å²) in [5.74, 6) is 0.908. The average Bonchev–Trinajstić information content (AvgIpc) is 2.79. The first-order chi connectivity index (χ1) is 15.0. The van der Waals surface area contributed by atoms with Crippen molar-refractivity contribution in [3.05, 3.63) is 65.7 Å². The van der Waals surface area contributed by atoms with Crippen LogP contribution in [0.4, 0.5) is 0 Å². The molecule has 3 atom stereocenters. The molecule has 2 aromatic carbocycles. The maximum atomic E-state index is 12.9. The minimum absolute atomic E-state index is 0.135. The minimum atomic E-state index is -0.533. The molecule has 1 fully saturated rings. The lowest BCUT2D eigenvalue weighted by molar-refractivity contribution is -0.143. The number of rotatable bonds is 7. The highest BCUT2D eigenvalue weighted by molar-refractivity contribution is 6.21. The molecule has 0 saturated heterocycles. The molecular weight excluding hydrogens is 390 g/mol. The summed E-state index contributed by atoms with van der Waals surface area (Å²) in [5.41, 5.74) is 1.93. The highest BCUT2D eigenvalue weighted by Crippen LogP contribution is 2.29. The normalized spacial score (nSPS) is 21.3. The van der Waals surface area contributed by atoms with Crippen LogP contribution in [0.1, 0.15) is 44.2 Å². The quantitative estimate of drug-likeness (QED) is 0.399. The molecule has 1 aliphatic carbocycles. The van der Waals surface area contributed by atoms with Crippen molar-refractivity contribution in [1.82, 2.24) is 5.32 Å². The number of carbonyl (C=O) groups is 2. The fourth-order valence-corrected chi connectivity index (χ4v) is 4.02. The van der Waals surface area contributed by atoms with Gasteiger partial charge in [-0.1, -0.05) is 69.2 Å². The van der Waals surface area contributed by atoms with E-state index in [0.717, 1.165) is 24.0 Å². The first-order valence-electron chi connectivity index (χ1n) is 10.9. The van der Waals surface area contributed by atoms with Crippen molar-refractivity contribution < 1.29 is 19.1 Å². The van der Waals surface area contributed by atoms with Crippen molar-refractivity contribution in [3.63, 3.8) is 0 Å². The van der Waals surface area contributed by atoms with Gasteiger partial charge in [-0.05, 0) is 47.6 Å². The van der Waals surface area contributed by atoms with Crippen molar-refractivity contribution in [1.29, 1.82) is 0 Å². The molecule has 0 heterocycles. The summed E-state index contributed by atoms with van der Waals surface area (Å²) in [5, 5.41) is 3.05. The highest BCUT2D eigenvalue weighted by atomic mass is 16.5. The minimum Gasteiger partial charge on any atom is -0.497 e. The lowest BCUT2D eigenvalue weighted by Crippen LogP contribution is -2.45. The van der Waals surface area contributed by atoms with E-state index in [-0.39, 0.29) is 18.6 Å². The van der Waals surface area contributed by atoms with Crippen molar-refractivity contribution in [2.45, 2.75) is 39.2 Å². The Labute approximate surface area is 184 Å². The molecule has 0 aliphatic heterocycles. The first-order valence-corrected chi connectivity index (χ1v) is 10.9. The molecule has 0 spiro atoms. The van der Waals surface area contributed by atoms with Gasteiger partial charge in [0.05, 0.1) is 12.7 Å². The van der Waals surface area contributed by atoms with Gasteiger partial charge in [-0.3, -0.25) is 4.79 Å². The third-order valence-corrected chi connectivity index (χ3v) is 6.10. The van der Waals surface area contributed by atoms with Gasteiger partial charge in [0, 0.05) is 6.04 Å².